The lowest BCUT2D eigenvalue weighted by atomic mass is 10.2. The zero-order valence-electron chi connectivity index (χ0n) is 9.34. The highest BCUT2D eigenvalue weighted by Crippen LogP contribution is 2.01. The Labute approximate surface area is 96.3 Å². The molecule has 0 aliphatic heterocycles. The van der Waals surface area contributed by atoms with Crippen LogP contribution < -0.4 is 0 Å². The van der Waals surface area contributed by atoms with Crippen molar-refractivity contribution >= 4 is 0 Å². The molecule has 1 rings (SSSR count). The fourth-order valence-electron chi connectivity index (χ4n) is 1.22. The van der Waals surface area contributed by atoms with Crippen LogP contribution in [0.15, 0.2) is 43.0 Å². The molecule has 3 heteroatoms. The Bertz CT molecular complexity index is 284. The van der Waals surface area contributed by atoms with Gasteiger partial charge in [-0.1, -0.05) is 36.4 Å². The van der Waals surface area contributed by atoms with Crippen molar-refractivity contribution in [2.45, 2.75) is 12.7 Å². The highest BCUT2D eigenvalue weighted by atomic mass is 16.5. The Morgan fingerprint density at radius 3 is 2.56 bits per heavy atom. The van der Waals surface area contributed by atoms with Crippen molar-refractivity contribution < 1.29 is 14.6 Å². The molecule has 1 N–H and O–H groups in total. The number of benzene rings is 1. The molecule has 0 saturated carbocycles. The van der Waals surface area contributed by atoms with Crippen LogP contribution in [0.5, 0.6) is 0 Å². The van der Waals surface area contributed by atoms with E-state index in [2.05, 4.69) is 6.58 Å². The highest BCUT2D eigenvalue weighted by Gasteiger charge is 2.03. The molecule has 0 bridgehead atoms. The average Bonchev–Trinajstić information content (AvgIpc) is 2.31. The quantitative estimate of drug-likeness (QED) is 0.538. The standard InChI is InChI=1S/C13H18O3/c1-2-8-15-10-13(14)11-16-9-12-6-4-3-5-7-12/h2-7,13-14H,1,8-11H2. The van der Waals surface area contributed by atoms with Crippen LogP contribution in [0.4, 0.5) is 0 Å². The predicted octanol–water partition coefficient (Wildman–Crippen LogP) is 1.77. The van der Waals surface area contributed by atoms with Gasteiger partial charge in [0.2, 0.25) is 0 Å². The summed E-state index contributed by atoms with van der Waals surface area (Å²) in [6.45, 7) is 5.05. The minimum atomic E-state index is -0.580. The van der Waals surface area contributed by atoms with E-state index in [1.54, 1.807) is 6.08 Å². The van der Waals surface area contributed by atoms with Crippen molar-refractivity contribution in [1.29, 1.82) is 0 Å². The molecule has 0 aromatic heterocycles. The average molecular weight is 222 g/mol. The van der Waals surface area contributed by atoms with E-state index in [9.17, 15) is 5.11 Å². The molecule has 1 atom stereocenters. The Morgan fingerprint density at radius 2 is 1.88 bits per heavy atom. The van der Waals surface area contributed by atoms with E-state index in [-0.39, 0.29) is 13.2 Å². The Kier molecular flexibility index (Phi) is 6.49. The molecule has 1 aromatic carbocycles. The van der Waals surface area contributed by atoms with Gasteiger partial charge >= 0.3 is 0 Å². The smallest absolute Gasteiger partial charge is 0.101 e. The lowest BCUT2D eigenvalue weighted by molar-refractivity contribution is -0.0179. The van der Waals surface area contributed by atoms with Crippen LogP contribution in [0.3, 0.4) is 0 Å². The number of hydrogen-bond donors (Lipinski definition) is 1. The van der Waals surface area contributed by atoms with E-state index in [4.69, 9.17) is 9.47 Å². The first-order valence-corrected chi connectivity index (χ1v) is 5.31. The van der Waals surface area contributed by atoms with Gasteiger partial charge in [0.1, 0.15) is 6.10 Å². The number of hydrogen-bond acceptors (Lipinski definition) is 3. The van der Waals surface area contributed by atoms with Crippen molar-refractivity contribution in [3.63, 3.8) is 0 Å². The molecular weight excluding hydrogens is 204 g/mol. The maximum absolute atomic E-state index is 9.47. The van der Waals surface area contributed by atoms with Crippen LogP contribution in [-0.4, -0.2) is 31.0 Å². The molecule has 1 unspecified atom stereocenters. The molecule has 0 heterocycles. The van der Waals surface area contributed by atoms with Gasteiger partial charge in [-0.2, -0.15) is 0 Å². The molecule has 88 valence electrons. The molecule has 16 heavy (non-hydrogen) atoms. The number of ether oxygens (including phenoxy) is 2. The molecule has 0 amide bonds. The van der Waals surface area contributed by atoms with Gasteiger partial charge in [0, 0.05) is 0 Å². The first-order chi connectivity index (χ1) is 7.83. The molecule has 0 radical (unpaired) electrons. The first kappa shape index (κ1) is 12.9. The van der Waals surface area contributed by atoms with Crippen molar-refractivity contribution in [1.82, 2.24) is 0 Å². The summed E-state index contributed by atoms with van der Waals surface area (Å²) < 4.78 is 10.5. The molecule has 0 saturated heterocycles. The van der Waals surface area contributed by atoms with E-state index < -0.39 is 6.10 Å². The fourth-order valence-corrected chi connectivity index (χ4v) is 1.22. The van der Waals surface area contributed by atoms with Crippen LogP contribution in [0.2, 0.25) is 0 Å². The van der Waals surface area contributed by atoms with Crippen LogP contribution in [0.25, 0.3) is 0 Å². The topological polar surface area (TPSA) is 38.7 Å². The molecule has 1 aromatic rings. The minimum Gasteiger partial charge on any atom is -0.388 e. The summed E-state index contributed by atoms with van der Waals surface area (Å²) in [5.74, 6) is 0. The van der Waals surface area contributed by atoms with Gasteiger partial charge in [-0.15, -0.1) is 6.58 Å². The highest BCUT2D eigenvalue weighted by molar-refractivity contribution is 5.13. The molecule has 0 spiro atoms. The largest absolute Gasteiger partial charge is 0.388 e. The van der Waals surface area contributed by atoms with Gasteiger partial charge in [-0.25, -0.2) is 0 Å². The maximum Gasteiger partial charge on any atom is 0.101 e. The van der Waals surface area contributed by atoms with Crippen LogP contribution >= 0.6 is 0 Å². The maximum atomic E-state index is 9.47. The number of rotatable bonds is 8. The zero-order valence-corrected chi connectivity index (χ0v) is 9.34. The van der Waals surface area contributed by atoms with Crippen molar-refractivity contribution in [3.8, 4) is 0 Å². The fraction of sp³-hybridized carbons (Fsp3) is 0.385. The molecule has 3 nitrogen and oxygen atoms in total. The third kappa shape index (κ3) is 5.66. The summed E-state index contributed by atoms with van der Waals surface area (Å²) in [5, 5.41) is 9.47. The summed E-state index contributed by atoms with van der Waals surface area (Å²) >= 11 is 0. The summed E-state index contributed by atoms with van der Waals surface area (Å²) in [6, 6.07) is 9.85. The molecule has 0 fully saturated rings. The van der Waals surface area contributed by atoms with Crippen molar-refractivity contribution in [2.75, 3.05) is 19.8 Å². The summed E-state index contributed by atoms with van der Waals surface area (Å²) in [4.78, 5) is 0. The van der Waals surface area contributed by atoms with E-state index in [0.29, 0.717) is 13.2 Å². The van der Waals surface area contributed by atoms with Crippen molar-refractivity contribution in [3.05, 3.63) is 48.6 Å². The van der Waals surface area contributed by atoms with E-state index >= 15 is 0 Å². The Balaban J connectivity index is 2.08. The van der Waals surface area contributed by atoms with E-state index in [1.165, 1.54) is 0 Å². The zero-order chi connectivity index (χ0) is 11.6. The van der Waals surface area contributed by atoms with Crippen LogP contribution in [-0.2, 0) is 16.1 Å². The van der Waals surface area contributed by atoms with Gasteiger partial charge in [-0.3, -0.25) is 0 Å². The minimum absolute atomic E-state index is 0.279. The Morgan fingerprint density at radius 1 is 1.19 bits per heavy atom. The molecule has 0 aliphatic rings. The van der Waals surface area contributed by atoms with Gasteiger partial charge in [0.05, 0.1) is 26.4 Å². The normalized spacial score (nSPS) is 12.3. The summed E-state index contributed by atoms with van der Waals surface area (Å²) in [7, 11) is 0. The summed E-state index contributed by atoms with van der Waals surface area (Å²) in [5.41, 5.74) is 1.10. The SMILES string of the molecule is C=CCOCC(O)COCc1ccccc1. The number of aliphatic hydroxyl groups excluding tert-OH is 1. The van der Waals surface area contributed by atoms with Crippen molar-refractivity contribution in [2.24, 2.45) is 0 Å². The molecule has 0 aliphatic carbocycles. The second kappa shape index (κ2) is 8.05. The first-order valence-electron chi connectivity index (χ1n) is 5.31. The molecular formula is C13H18O3. The van der Waals surface area contributed by atoms with Crippen LogP contribution in [0, 0.1) is 0 Å². The van der Waals surface area contributed by atoms with Gasteiger partial charge in [-0.05, 0) is 5.56 Å². The number of aliphatic hydroxyl groups is 1. The van der Waals surface area contributed by atoms with Crippen LogP contribution in [0.1, 0.15) is 5.56 Å². The van der Waals surface area contributed by atoms with E-state index in [0.717, 1.165) is 5.56 Å². The lowest BCUT2D eigenvalue weighted by Gasteiger charge is -2.11. The lowest BCUT2D eigenvalue weighted by Crippen LogP contribution is -2.21. The second-order valence-corrected chi connectivity index (χ2v) is 3.48. The second-order valence-electron chi connectivity index (χ2n) is 3.48. The summed E-state index contributed by atoms with van der Waals surface area (Å²) in [6.07, 6.45) is 1.07. The van der Waals surface area contributed by atoms with Gasteiger partial charge < -0.3 is 14.6 Å². The predicted molar refractivity (Wildman–Crippen MR) is 63.1 cm³/mol. The monoisotopic (exact) mass is 222 g/mol. The third-order valence-electron chi connectivity index (χ3n) is 1.97. The van der Waals surface area contributed by atoms with E-state index in [1.807, 2.05) is 30.3 Å². The third-order valence-corrected chi connectivity index (χ3v) is 1.97. The van der Waals surface area contributed by atoms with Gasteiger partial charge in [0.15, 0.2) is 0 Å². The Hall–Kier alpha value is -1.16. The van der Waals surface area contributed by atoms with Gasteiger partial charge in [0.25, 0.3) is 0 Å².